The highest BCUT2D eigenvalue weighted by molar-refractivity contribution is 6.34. The van der Waals surface area contributed by atoms with Crippen molar-refractivity contribution in [3.8, 4) is 11.5 Å². The van der Waals surface area contributed by atoms with Crippen molar-refractivity contribution in [3.63, 3.8) is 0 Å². The van der Waals surface area contributed by atoms with Crippen LogP contribution in [-0.2, 0) is 0 Å². The quantitative estimate of drug-likeness (QED) is 0.675. The van der Waals surface area contributed by atoms with Crippen LogP contribution in [0.4, 0.5) is 5.69 Å². The first-order valence-electron chi connectivity index (χ1n) is 7.74. The summed E-state index contributed by atoms with van der Waals surface area (Å²) < 4.78 is 10.5. The molecule has 0 atom stereocenters. The molecule has 0 radical (unpaired) electrons. The molecular formula is C20H18ClNO3. The number of ether oxygens (including phenoxy) is 2. The molecule has 3 rings (SSSR count). The number of anilines is 1. The van der Waals surface area contributed by atoms with Crippen LogP contribution in [-0.4, -0.2) is 27.2 Å². The van der Waals surface area contributed by atoms with Crippen LogP contribution in [0.2, 0.25) is 5.02 Å². The van der Waals surface area contributed by atoms with Crippen LogP contribution in [0.25, 0.3) is 10.8 Å². The molecule has 0 aromatic heterocycles. The van der Waals surface area contributed by atoms with E-state index in [4.69, 9.17) is 21.1 Å². The van der Waals surface area contributed by atoms with Gasteiger partial charge in [0, 0.05) is 17.8 Å². The molecule has 0 N–H and O–H groups in total. The lowest BCUT2D eigenvalue weighted by Gasteiger charge is -2.21. The van der Waals surface area contributed by atoms with Gasteiger partial charge < -0.3 is 14.4 Å². The molecule has 1 amide bonds. The minimum atomic E-state index is -0.192. The lowest BCUT2D eigenvalue weighted by atomic mass is 10.1. The van der Waals surface area contributed by atoms with Gasteiger partial charge in [0.1, 0.15) is 11.5 Å². The van der Waals surface area contributed by atoms with Gasteiger partial charge in [-0.2, -0.15) is 0 Å². The van der Waals surface area contributed by atoms with Crippen LogP contribution < -0.4 is 14.4 Å². The van der Waals surface area contributed by atoms with Gasteiger partial charge in [-0.15, -0.1) is 0 Å². The number of amides is 1. The van der Waals surface area contributed by atoms with Crippen LogP contribution in [0.3, 0.4) is 0 Å². The van der Waals surface area contributed by atoms with Gasteiger partial charge in [0.15, 0.2) is 0 Å². The Morgan fingerprint density at radius 3 is 2.32 bits per heavy atom. The summed E-state index contributed by atoms with van der Waals surface area (Å²) in [5, 5.41) is 2.24. The van der Waals surface area contributed by atoms with Gasteiger partial charge in [0.2, 0.25) is 0 Å². The fourth-order valence-electron chi connectivity index (χ4n) is 2.81. The topological polar surface area (TPSA) is 38.8 Å². The standard InChI is InChI=1S/C20H18ClNO3/c1-22(20(23)16-9-8-13(24-2)12-17(16)21)18-10-11-19(25-3)15-7-5-4-6-14(15)18/h4-12H,1-3H3. The minimum absolute atomic E-state index is 0.192. The zero-order valence-corrected chi connectivity index (χ0v) is 15.0. The van der Waals surface area contributed by atoms with Crippen molar-refractivity contribution in [1.29, 1.82) is 0 Å². The number of hydrogen-bond acceptors (Lipinski definition) is 3. The van der Waals surface area contributed by atoms with E-state index in [9.17, 15) is 4.79 Å². The Morgan fingerprint density at radius 2 is 1.68 bits per heavy atom. The first kappa shape index (κ1) is 17.1. The Kier molecular flexibility index (Phi) is 4.81. The first-order chi connectivity index (χ1) is 12.1. The smallest absolute Gasteiger partial charge is 0.259 e. The SMILES string of the molecule is COc1ccc(C(=O)N(C)c2ccc(OC)c3ccccc23)c(Cl)c1. The molecule has 3 aromatic carbocycles. The summed E-state index contributed by atoms with van der Waals surface area (Å²) in [5.74, 6) is 1.18. The molecule has 0 aliphatic carbocycles. The van der Waals surface area contributed by atoms with Crippen molar-refractivity contribution in [2.75, 3.05) is 26.2 Å². The normalized spacial score (nSPS) is 10.6. The van der Waals surface area contributed by atoms with E-state index < -0.39 is 0 Å². The van der Waals surface area contributed by atoms with Crippen molar-refractivity contribution in [2.45, 2.75) is 0 Å². The fraction of sp³-hybridized carbons (Fsp3) is 0.150. The largest absolute Gasteiger partial charge is 0.497 e. The number of carbonyl (C=O) groups is 1. The summed E-state index contributed by atoms with van der Waals surface area (Å²) >= 11 is 6.25. The van der Waals surface area contributed by atoms with Gasteiger partial charge in [-0.3, -0.25) is 4.79 Å². The predicted molar refractivity (Wildman–Crippen MR) is 101 cm³/mol. The third-order valence-electron chi connectivity index (χ3n) is 4.15. The molecule has 0 aliphatic rings. The van der Waals surface area contributed by atoms with Crippen LogP contribution in [0.1, 0.15) is 10.4 Å². The average Bonchev–Trinajstić information content (AvgIpc) is 2.65. The Hall–Kier alpha value is -2.72. The van der Waals surface area contributed by atoms with Crippen molar-refractivity contribution in [3.05, 3.63) is 65.2 Å². The highest BCUT2D eigenvalue weighted by Crippen LogP contribution is 2.34. The molecular weight excluding hydrogens is 338 g/mol. The second-order valence-corrected chi connectivity index (χ2v) is 5.95. The van der Waals surface area contributed by atoms with E-state index in [1.165, 1.54) is 0 Å². The van der Waals surface area contributed by atoms with E-state index >= 15 is 0 Å². The zero-order chi connectivity index (χ0) is 18.0. The van der Waals surface area contributed by atoms with Gasteiger partial charge >= 0.3 is 0 Å². The lowest BCUT2D eigenvalue weighted by Crippen LogP contribution is -2.26. The van der Waals surface area contributed by atoms with Crippen LogP contribution in [0.5, 0.6) is 11.5 Å². The number of fused-ring (bicyclic) bond motifs is 1. The molecule has 128 valence electrons. The van der Waals surface area contributed by atoms with Gasteiger partial charge in [-0.25, -0.2) is 0 Å². The van der Waals surface area contributed by atoms with Gasteiger partial charge in [0.25, 0.3) is 5.91 Å². The molecule has 0 saturated carbocycles. The summed E-state index contributed by atoms with van der Waals surface area (Å²) in [6, 6.07) is 16.6. The van der Waals surface area contributed by atoms with E-state index in [-0.39, 0.29) is 5.91 Å². The van der Waals surface area contributed by atoms with Crippen molar-refractivity contribution >= 4 is 34.0 Å². The first-order valence-corrected chi connectivity index (χ1v) is 8.12. The second kappa shape index (κ2) is 7.03. The van der Waals surface area contributed by atoms with Gasteiger partial charge in [0.05, 0.1) is 30.5 Å². The Bertz CT molecular complexity index is 939. The lowest BCUT2D eigenvalue weighted by molar-refractivity contribution is 0.0993. The molecule has 0 saturated heterocycles. The number of hydrogen-bond donors (Lipinski definition) is 0. The summed E-state index contributed by atoms with van der Waals surface area (Å²) in [6.45, 7) is 0. The Labute approximate surface area is 151 Å². The maximum Gasteiger partial charge on any atom is 0.259 e. The number of benzene rings is 3. The highest BCUT2D eigenvalue weighted by atomic mass is 35.5. The predicted octanol–water partition coefficient (Wildman–Crippen LogP) is 4.79. The van der Waals surface area contributed by atoms with E-state index in [1.807, 2.05) is 36.4 Å². The van der Waals surface area contributed by atoms with E-state index in [0.717, 1.165) is 22.2 Å². The fourth-order valence-corrected chi connectivity index (χ4v) is 3.06. The number of methoxy groups -OCH3 is 2. The molecule has 0 heterocycles. The van der Waals surface area contributed by atoms with E-state index in [2.05, 4.69) is 0 Å². The zero-order valence-electron chi connectivity index (χ0n) is 14.2. The second-order valence-electron chi connectivity index (χ2n) is 5.54. The number of rotatable bonds is 4. The van der Waals surface area contributed by atoms with E-state index in [0.29, 0.717) is 16.3 Å². The van der Waals surface area contributed by atoms with Crippen molar-refractivity contribution < 1.29 is 14.3 Å². The third kappa shape index (κ3) is 3.13. The third-order valence-corrected chi connectivity index (χ3v) is 4.47. The monoisotopic (exact) mass is 355 g/mol. The molecule has 0 unspecified atom stereocenters. The summed E-state index contributed by atoms with van der Waals surface area (Å²) in [7, 11) is 4.92. The maximum absolute atomic E-state index is 12.9. The molecule has 3 aromatic rings. The van der Waals surface area contributed by atoms with Gasteiger partial charge in [-0.1, -0.05) is 35.9 Å². The summed E-state index contributed by atoms with van der Waals surface area (Å²) in [5.41, 5.74) is 1.21. The van der Waals surface area contributed by atoms with Crippen LogP contribution >= 0.6 is 11.6 Å². The Morgan fingerprint density at radius 1 is 0.960 bits per heavy atom. The number of halogens is 1. The van der Waals surface area contributed by atoms with Crippen molar-refractivity contribution in [2.24, 2.45) is 0 Å². The van der Waals surface area contributed by atoms with Crippen LogP contribution in [0.15, 0.2) is 54.6 Å². The van der Waals surface area contributed by atoms with Gasteiger partial charge in [-0.05, 0) is 30.3 Å². The van der Waals surface area contributed by atoms with Crippen molar-refractivity contribution in [1.82, 2.24) is 0 Å². The summed E-state index contributed by atoms with van der Waals surface area (Å²) in [4.78, 5) is 14.5. The molecule has 0 aliphatic heterocycles. The average molecular weight is 356 g/mol. The summed E-state index contributed by atoms with van der Waals surface area (Å²) in [6.07, 6.45) is 0. The maximum atomic E-state index is 12.9. The molecule has 4 nitrogen and oxygen atoms in total. The minimum Gasteiger partial charge on any atom is -0.497 e. The molecule has 0 bridgehead atoms. The number of carbonyl (C=O) groups excluding carboxylic acids is 1. The molecule has 0 fully saturated rings. The van der Waals surface area contributed by atoms with Crippen LogP contribution in [0, 0.1) is 0 Å². The molecule has 5 heteroatoms. The van der Waals surface area contributed by atoms with E-state index in [1.54, 1.807) is 44.4 Å². The molecule has 0 spiro atoms. The Balaban J connectivity index is 2.05. The highest BCUT2D eigenvalue weighted by Gasteiger charge is 2.19. The molecule has 25 heavy (non-hydrogen) atoms. The number of nitrogens with zero attached hydrogens (tertiary/aromatic N) is 1.